The highest BCUT2D eigenvalue weighted by Gasteiger charge is 2.35. The van der Waals surface area contributed by atoms with Crippen LogP contribution in [-0.2, 0) is 16.0 Å². The molecule has 0 radical (unpaired) electrons. The summed E-state index contributed by atoms with van der Waals surface area (Å²) in [6.45, 7) is 4.48. The molecule has 2 aromatic carbocycles. The van der Waals surface area contributed by atoms with Crippen molar-refractivity contribution in [3.05, 3.63) is 53.0 Å². The van der Waals surface area contributed by atoms with Crippen LogP contribution in [0.25, 0.3) is 10.2 Å². The highest BCUT2D eigenvalue weighted by atomic mass is 32.1. The molecule has 138 valence electrons. The summed E-state index contributed by atoms with van der Waals surface area (Å²) in [5.74, 6) is -0.466. The van der Waals surface area contributed by atoms with Crippen LogP contribution in [0.15, 0.2) is 42.5 Å². The van der Waals surface area contributed by atoms with Gasteiger partial charge in [0.25, 0.3) is 0 Å². The molecule has 3 aromatic rings. The molecule has 6 heteroatoms. The van der Waals surface area contributed by atoms with Crippen LogP contribution in [0.3, 0.4) is 0 Å². The van der Waals surface area contributed by atoms with Gasteiger partial charge in [-0.2, -0.15) is 0 Å². The number of anilines is 2. The summed E-state index contributed by atoms with van der Waals surface area (Å²) in [6.07, 6.45) is 1.20. The lowest BCUT2D eigenvalue weighted by atomic mass is 10.1. The lowest BCUT2D eigenvalue weighted by molar-refractivity contribution is -0.122. The van der Waals surface area contributed by atoms with Crippen molar-refractivity contribution in [2.24, 2.45) is 5.92 Å². The highest BCUT2D eigenvalue weighted by molar-refractivity contribution is 7.18. The molecule has 1 saturated heterocycles. The number of amides is 2. The van der Waals surface area contributed by atoms with Crippen molar-refractivity contribution in [2.75, 3.05) is 16.8 Å². The van der Waals surface area contributed by atoms with Crippen LogP contribution in [0.5, 0.6) is 0 Å². The molecule has 1 fully saturated rings. The number of nitrogens with one attached hydrogen (secondary N) is 1. The average Bonchev–Trinajstić information content (AvgIpc) is 3.23. The predicted molar refractivity (Wildman–Crippen MR) is 109 cm³/mol. The molecule has 2 amide bonds. The van der Waals surface area contributed by atoms with Crippen LogP contribution in [0.2, 0.25) is 0 Å². The van der Waals surface area contributed by atoms with Gasteiger partial charge in [0.05, 0.1) is 21.1 Å². The SMILES string of the molecule is CCc1ccc(N2C[C@@H](C(=O)Nc3ccc4nc(C)sc4c3)CC2=O)cc1. The van der Waals surface area contributed by atoms with Gasteiger partial charge in [0, 0.05) is 24.3 Å². The maximum absolute atomic E-state index is 12.7. The van der Waals surface area contributed by atoms with E-state index in [0.29, 0.717) is 6.54 Å². The van der Waals surface area contributed by atoms with E-state index in [-0.39, 0.29) is 24.2 Å². The lowest BCUT2D eigenvalue weighted by Crippen LogP contribution is -2.28. The van der Waals surface area contributed by atoms with Crippen LogP contribution < -0.4 is 10.2 Å². The number of hydrogen-bond acceptors (Lipinski definition) is 4. The van der Waals surface area contributed by atoms with Gasteiger partial charge in [-0.1, -0.05) is 19.1 Å². The molecule has 0 spiro atoms. The summed E-state index contributed by atoms with van der Waals surface area (Å²) in [7, 11) is 0. The summed E-state index contributed by atoms with van der Waals surface area (Å²) < 4.78 is 1.05. The number of carbonyl (C=O) groups is 2. The van der Waals surface area contributed by atoms with Crippen molar-refractivity contribution < 1.29 is 9.59 Å². The third kappa shape index (κ3) is 3.57. The zero-order chi connectivity index (χ0) is 19.0. The van der Waals surface area contributed by atoms with Crippen LogP contribution >= 0.6 is 11.3 Å². The normalized spacial score (nSPS) is 16.9. The molecule has 27 heavy (non-hydrogen) atoms. The molecule has 0 bridgehead atoms. The molecule has 0 unspecified atom stereocenters. The Labute approximate surface area is 162 Å². The number of rotatable bonds is 4. The minimum atomic E-state index is -0.345. The summed E-state index contributed by atoms with van der Waals surface area (Å²) in [5, 5.41) is 3.96. The monoisotopic (exact) mass is 379 g/mol. The number of carbonyl (C=O) groups excluding carboxylic acids is 2. The van der Waals surface area contributed by atoms with Crippen LogP contribution in [0.4, 0.5) is 11.4 Å². The number of thiazole rings is 1. The second kappa shape index (κ2) is 7.12. The number of benzene rings is 2. The van der Waals surface area contributed by atoms with Gasteiger partial charge in [0.15, 0.2) is 0 Å². The van der Waals surface area contributed by atoms with Crippen LogP contribution in [-0.4, -0.2) is 23.3 Å². The van der Waals surface area contributed by atoms with Crippen molar-refractivity contribution in [2.45, 2.75) is 26.7 Å². The Kier molecular flexibility index (Phi) is 4.66. The van der Waals surface area contributed by atoms with Gasteiger partial charge in [-0.15, -0.1) is 11.3 Å². The van der Waals surface area contributed by atoms with E-state index in [9.17, 15) is 9.59 Å². The fourth-order valence-electron chi connectivity index (χ4n) is 3.41. The van der Waals surface area contributed by atoms with Crippen LogP contribution in [0, 0.1) is 12.8 Å². The average molecular weight is 379 g/mol. The smallest absolute Gasteiger partial charge is 0.229 e. The Morgan fingerprint density at radius 3 is 2.78 bits per heavy atom. The molecule has 1 N–H and O–H groups in total. The van der Waals surface area contributed by atoms with Gasteiger partial charge < -0.3 is 10.2 Å². The minimum absolute atomic E-state index is 0.00654. The molecular weight excluding hydrogens is 358 g/mol. The van der Waals surface area contributed by atoms with E-state index >= 15 is 0 Å². The number of hydrogen-bond donors (Lipinski definition) is 1. The lowest BCUT2D eigenvalue weighted by Gasteiger charge is -2.17. The first-order chi connectivity index (χ1) is 13.0. The molecule has 1 aromatic heterocycles. The fraction of sp³-hybridized carbons (Fsp3) is 0.286. The third-order valence-electron chi connectivity index (χ3n) is 4.91. The summed E-state index contributed by atoms with van der Waals surface area (Å²) in [6, 6.07) is 13.7. The molecule has 1 aliphatic heterocycles. The van der Waals surface area contributed by atoms with Crippen molar-refractivity contribution in [3.63, 3.8) is 0 Å². The largest absolute Gasteiger partial charge is 0.326 e. The van der Waals surface area contributed by atoms with Gasteiger partial charge in [-0.05, 0) is 49.2 Å². The standard InChI is InChI=1S/C21H21N3O2S/c1-3-14-4-7-17(8-5-14)24-12-15(10-20(24)25)21(26)23-16-6-9-18-19(11-16)27-13(2)22-18/h4-9,11,15H,3,10,12H2,1-2H3,(H,23,26)/t15-/m0/s1. The van der Waals surface area contributed by atoms with E-state index in [1.54, 1.807) is 16.2 Å². The van der Waals surface area contributed by atoms with E-state index in [1.807, 2.05) is 49.4 Å². The van der Waals surface area contributed by atoms with Gasteiger partial charge in [0.2, 0.25) is 11.8 Å². The van der Waals surface area contributed by atoms with Crippen molar-refractivity contribution >= 4 is 44.7 Å². The molecule has 4 rings (SSSR count). The van der Waals surface area contributed by atoms with E-state index in [1.165, 1.54) is 5.56 Å². The number of fused-ring (bicyclic) bond motifs is 1. The summed E-state index contributed by atoms with van der Waals surface area (Å²) in [5.41, 5.74) is 3.77. The third-order valence-corrected chi connectivity index (χ3v) is 5.85. The maximum atomic E-state index is 12.7. The second-order valence-corrected chi connectivity index (χ2v) is 8.06. The first kappa shape index (κ1) is 17.7. The Bertz CT molecular complexity index is 1010. The summed E-state index contributed by atoms with van der Waals surface area (Å²) in [4.78, 5) is 31.2. The molecule has 0 saturated carbocycles. The fourth-order valence-corrected chi connectivity index (χ4v) is 4.27. The maximum Gasteiger partial charge on any atom is 0.229 e. The molecular formula is C21H21N3O2S. The topological polar surface area (TPSA) is 62.3 Å². The quantitative estimate of drug-likeness (QED) is 0.740. The van der Waals surface area contributed by atoms with Crippen molar-refractivity contribution in [3.8, 4) is 0 Å². The zero-order valence-electron chi connectivity index (χ0n) is 15.4. The Hall–Kier alpha value is -2.73. The minimum Gasteiger partial charge on any atom is -0.326 e. The molecule has 0 aliphatic carbocycles. The van der Waals surface area contributed by atoms with E-state index in [2.05, 4.69) is 17.2 Å². The molecule has 1 aliphatic rings. The molecule has 2 heterocycles. The van der Waals surface area contributed by atoms with E-state index in [4.69, 9.17) is 0 Å². The Morgan fingerprint density at radius 1 is 1.26 bits per heavy atom. The second-order valence-electron chi connectivity index (χ2n) is 6.83. The van der Waals surface area contributed by atoms with Gasteiger partial charge >= 0.3 is 0 Å². The molecule has 5 nitrogen and oxygen atoms in total. The van der Waals surface area contributed by atoms with Gasteiger partial charge in [0.1, 0.15) is 0 Å². The first-order valence-electron chi connectivity index (χ1n) is 9.11. The Balaban J connectivity index is 1.46. The first-order valence-corrected chi connectivity index (χ1v) is 9.92. The molecule has 1 atom stereocenters. The van der Waals surface area contributed by atoms with Crippen molar-refractivity contribution in [1.29, 1.82) is 0 Å². The number of aryl methyl sites for hydroxylation is 2. The predicted octanol–water partition coefficient (Wildman–Crippen LogP) is 4.16. The Morgan fingerprint density at radius 2 is 2.04 bits per heavy atom. The zero-order valence-corrected chi connectivity index (χ0v) is 16.2. The number of nitrogens with zero attached hydrogens (tertiary/aromatic N) is 2. The van der Waals surface area contributed by atoms with E-state index in [0.717, 1.165) is 33.0 Å². The van der Waals surface area contributed by atoms with Crippen LogP contribution in [0.1, 0.15) is 23.9 Å². The van der Waals surface area contributed by atoms with E-state index < -0.39 is 0 Å². The van der Waals surface area contributed by atoms with Gasteiger partial charge in [-0.3, -0.25) is 9.59 Å². The highest BCUT2D eigenvalue weighted by Crippen LogP contribution is 2.28. The summed E-state index contributed by atoms with van der Waals surface area (Å²) >= 11 is 1.60. The van der Waals surface area contributed by atoms with Gasteiger partial charge in [-0.25, -0.2) is 4.98 Å². The van der Waals surface area contributed by atoms with Crippen molar-refractivity contribution in [1.82, 2.24) is 4.98 Å². The number of aromatic nitrogens is 1.